The molecule has 2 fully saturated rings. The molecule has 0 radical (unpaired) electrons. The molecule has 1 aliphatic carbocycles. The van der Waals surface area contributed by atoms with Crippen LogP contribution < -0.4 is 19.5 Å². The highest BCUT2D eigenvalue weighted by molar-refractivity contribution is 7.89. The summed E-state index contributed by atoms with van der Waals surface area (Å²) >= 11 is 0. The molecule has 2 amide bonds. The molecule has 1 aliphatic heterocycles. The summed E-state index contributed by atoms with van der Waals surface area (Å²) in [5, 5.41) is 17.6. The zero-order chi connectivity index (χ0) is 53.5. The average Bonchev–Trinajstić information content (AvgIpc) is 4.07. The van der Waals surface area contributed by atoms with Gasteiger partial charge in [0, 0.05) is 43.7 Å². The van der Waals surface area contributed by atoms with Crippen molar-refractivity contribution in [3.05, 3.63) is 137 Å². The number of aromatic nitrogens is 4. The maximum absolute atomic E-state index is 16.4. The number of tetrazole rings is 1. The van der Waals surface area contributed by atoms with Crippen molar-refractivity contribution in [3.63, 3.8) is 0 Å². The van der Waals surface area contributed by atoms with Crippen LogP contribution in [0, 0.1) is 5.92 Å². The molecule has 1 N–H and O–H groups in total. The Balaban J connectivity index is 1.33. The van der Waals surface area contributed by atoms with Crippen molar-refractivity contribution >= 4 is 22.2 Å². The van der Waals surface area contributed by atoms with E-state index >= 15 is 8.42 Å². The highest BCUT2D eigenvalue weighted by atomic mass is 32.2. The Labute approximate surface area is 441 Å². The first-order valence-electron chi connectivity index (χ1n) is 25.7. The van der Waals surface area contributed by atoms with Gasteiger partial charge in [-0.3, -0.25) is 0 Å². The van der Waals surface area contributed by atoms with Crippen LogP contribution in [-0.4, -0.2) is 102 Å². The van der Waals surface area contributed by atoms with Crippen LogP contribution in [0.5, 0.6) is 17.2 Å². The van der Waals surface area contributed by atoms with Crippen LogP contribution in [0.25, 0.3) is 22.5 Å². The third-order valence-corrected chi connectivity index (χ3v) is 15.5. The van der Waals surface area contributed by atoms with Crippen molar-refractivity contribution in [2.24, 2.45) is 5.92 Å². The molecule has 0 spiro atoms. The molecule has 1 saturated heterocycles. The number of carbonyl (C=O) groups excluding carboxylic acids is 2. The molecule has 2 heterocycles. The highest BCUT2D eigenvalue weighted by Gasteiger charge is 2.40. The molecule has 2 aliphatic rings. The molecule has 17 heteroatoms. The van der Waals surface area contributed by atoms with Crippen LogP contribution >= 0.6 is 0 Å². The third kappa shape index (κ3) is 13.9. The molecule has 5 aromatic carbocycles. The number of nitrogens with zero attached hydrogens (tertiary/aromatic N) is 6. The minimum absolute atomic E-state index is 0.0418. The Kier molecular flexibility index (Phi) is 16.8. The molecular weight excluding hydrogens is 971 g/mol. The number of ether oxygens (including phenoxy) is 5. The number of hydrogen-bond acceptors (Lipinski definition) is 12. The maximum Gasteiger partial charge on any atom is 0.410 e. The third-order valence-electron chi connectivity index (χ3n) is 13.6. The van der Waals surface area contributed by atoms with Gasteiger partial charge in [-0.2, -0.15) is 9.10 Å². The van der Waals surface area contributed by atoms with Crippen molar-refractivity contribution in [1.82, 2.24) is 34.7 Å². The number of carbonyl (C=O) groups is 2. The van der Waals surface area contributed by atoms with E-state index in [4.69, 9.17) is 33.9 Å². The molecule has 398 valence electrons. The Morgan fingerprint density at radius 3 is 1.79 bits per heavy atom. The summed E-state index contributed by atoms with van der Waals surface area (Å²) in [4.78, 5) is 30.3. The van der Waals surface area contributed by atoms with Gasteiger partial charge in [-0.1, -0.05) is 66.7 Å². The Morgan fingerprint density at radius 2 is 1.25 bits per heavy atom. The molecule has 16 nitrogen and oxygen atoms in total. The van der Waals surface area contributed by atoms with E-state index in [2.05, 4.69) is 10.5 Å². The maximum atomic E-state index is 16.4. The second-order valence-electron chi connectivity index (χ2n) is 21.5. The zero-order valence-electron chi connectivity index (χ0n) is 44.7. The fraction of sp³-hybridized carbons (Fsp3) is 0.431. The quantitative estimate of drug-likeness (QED) is 0.0916. The normalized spacial score (nSPS) is 17.1. The molecule has 1 saturated carbocycles. The summed E-state index contributed by atoms with van der Waals surface area (Å²) in [6, 6.07) is 34.0. The standard InChI is InChI=1S/C58H71N7O9S/c1-57(2,3)73-55(66)59-45-23-15-39(16-24-45)33-50-52(44-31-32-63(38-44)56(67)74-58(4,5)6)51(75(68,69)64(35-40-17-25-46(70-7)26-18-40)36-41-19-27-47(71-8)28-20-41)34-49(43-13-11-10-12-14-43)53(50)54-60-62-65(61-54)37-42-21-29-48(72-9)30-22-42/h10-14,17-22,25-30,34,39,44-45H,15-16,23-24,31-33,35-38H2,1-9H3,(H,59,66). The molecular formula is C58H71N7O9S. The lowest BCUT2D eigenvalue weighted by molar-refractivity contribution is 0.0291. The van der Waals surface area contributed by atoms with E-state index in [-0.39, 0.29) is 36.5 Å². The van der Waals surface area contributed by atoms with Crippen LogP contribution in [0.4, 0.5) is 9.59 Å². The van der Waals surface area contributed by atoms with Gasteiger partial charge in [0.2, 0.25) is 15.8 Å². The summed E-state index contributed by atoms with van der Waals surface area (Å²) < 4.78 is 62.3. The van der Waals surface area contributed by atoms with Gasteiger partial charge in [0.15, 0.2) is 0 Å². The van der Waals surface area contributed by atoms with Gasteiger partial charge in [0.1, 0.15) is 28.5 Å². The van der Waals surface area contributed by atoms with Crippen molar-refractivity contribution in [1.29, 1.82) is 0 Å². The summed E-state index contributed by atoms with van der Waals surface area (Å²) in [5.74, 6) is 2.00. The van der Waals surface area contributed by atoms with Crippen molar-refractivity contribution in [2.45, 2.75) is 128 Å². The van der Waals surface area contributed by atoms with Crippen molar-refractivity contribution in [2.75, 3.05) is 34.4 Å². The molecule has 1 aromatic heterocycles. The predicted molar refractivity (Wildman–Crippen MR) is 287 cm³/mol. The summed E-state index contributed by atoms with van der Waals surface area (Å²) in [6.45, 7) is 12.0. The number of benzene rings is 5. The largest absolute Gasteiger partial charge is 0.497 e. The van der Waals surface area contributed by atoms with E-state index in [0.717, 1.165) is 46.4 Å². The smallest absolute Gasteiger partial charge is 0.410 e. The van der Waals surface area contributed by atoms with E-state index in [9.17, 15) is 9.59 Å². The number of hydrogen-bond donors (Lipinski definition) is 1. The summed E-state index contributed by atoms with van der Waals surface area (Å²) in [5.41, 5.74) is 4.56. The second-order valence-corrected chi connectivity index (χ2v) is 23.4. The number of rotatable bonds is 17. The fourth-order valence-corrected chi connectivity index (χ4v) is 11.8. The van der Waals surface area contributed by atoms with Gasteiger partial charge in [0.25, 0.3) is 0 Å². The first kappa shape index (κ1) is 54.3. The Hall–Kier alpha value is -6.98. The van der Waals surface area contributed by atoms with Gasteiger partial charge in [-0.25, -0.2) is 18.0 Å². The van der Waals surface area contributed by atoms with E-state index in [1.807, 2.05) is 145 Å². The van der Waals surface area contributed by atoms with Gasteiger partial charge < -0.3 is 33.9 Å². The zero-order valence-corrected chi connectivity index (χ0v) is 45.5. The van der Waals surface area contributed by atoms with Crippen LogP contribution in [-0.2, 0) is 45.6 Å². The molecule has 8 rings (SSSR count). The first-order chi connectivity index (χ1) is 35.8. The van der Waals surface area contributed by atoms with Crippen LogP contribution in [0.2, 0.25) is 0 Å². The first-order valence-corrected chi connectivity index (χ1v) is 27.1. The Bertz CT molecular complexity index is 2950. The molecule has 1 atom stereocenters. The van der Waals surface area contributed by atoms with E-state index in [1.54, 1.807) is 37.1 Å². The van der Waals surface area contributed by atoms with Crippen molar-refractivity contribution in [3.8, 4) is 39.8 Å². The molecule has 0 bridgehead atoms. The number of methoxy groups -OCH3 is 3. The second kappa shape index (κ2) is 23.3. The Morgan fingerprint density at radius 1 is 0.707 bits per heavy atom. The van der Waals surface area contributed by atoms with Gasteiger partial charge in [-0.05, 0) is 173 Å². The lowest BCUT2D eigenvalue weighted by Gasteiger charge is -2.33. The summed E-state index contributed by atoms with van der Waals surface area (Å²) in [7, 11) is 0.385. The number of nitrogens with one attached hydrogen (secondary N) is 1. The SMILES string of the molecule is COc1ccc(CN(Cc2ccc(OC)cc2)S(=O)(=O)c2cc(-c3ccccc3)c(-c3nnn(Cc4ccc(OC)cc4)n3)c(CC3CCC(NC(=O)OC(C)(C)C)CC3)c2C2CCN(C(=O)OC(C)(C)C)C2)cc1. The molecule has 6 aromatic rings. The fourth-order valence-electron chi connectivity index (χ4n) is 10.0. The number of amides is 2. The van der Waals surface area contributed by atoms with Gasteiger partial charge in [0.05, 0.1) is 32.8 Å². The lowest BCUT2D eigenvalue weighted by Crippen LogP contribution is -2.41. The highest BCUT2D eigenvalue weighted by Crippen LogP contribution is 2.47. The molecule has 1 unspecified atom stereocenters. The van der Waals surface area contributed by atoms with Crippen LogP contribution in [0.15, 0.2) is 114 Å². The average molecular weight is 1040 g/mol. The minimum Gasteiger partial charge on any atom is -0.497 e. The van der Waals surface area contributed by atoms with Gasteiger partial charge >= 0.3 is 12.2 Å². The van der Waals surface area contributed by atoms with Crippen LogP contribution in [0.1, 0.15) is 107 Å². The van der Waals surface area contributed by atoms with E-state index < -0.39 is 39.3 Å². The summed E-state index contributed by atoms with van der Waals surface area (Å²) in [6.07, 6.45) is 2.89. The minimum atomic E-state index is -4.43. The number of sulfonamides is 1. The van der Waals surface area contributed by atoms with E-state index in [1.165, 1.54) is 4.31 Å². The van der Waals surface area contributed by atoms with Gasteiger partial charge in [-0.15, -0.1) is 10.2 Å². The number of likely N-dealkylation sites (tertiary alicyclic amines) is 1. The van der Waals surface area contributed by atoms with E-state index in [0.29, 0.717) is 72.8 Å². The monoisotopic (exact) mass is 1040 g/mol. The predicted octanol–water partition coefficient (Wildman–Crippen LogP) is 10.8. The topological polar surface area (TPSA) is 177 Å². The number of alkyl carbamates (subject to hydrolysis) is 1. The van der Waals surface area contributed by atoms with Crippen molar-refractivity contribution < 1.29 is 41.7 Å². The molecule has 75 heavy (non-hydrogen) atoms. The van der Waals surface area contributed by atoms with Crippen LogP contribution in [0.3, 0.4) is 0 Å². The lowest BCUT2D eigenvalue weighted by atomic mass is 9.77.